The van der Waals surface area contributed by atoms with Gasteiger partial charge in [-0.3, -0.25) is 61.2 Å². The van der Waals surface area contributed by atoms with Gasteiger partial charge in [0.15, 0.2) is 6.10 Å². The molecule has 0 radical (unpaired) electrons. The molecule has 0 bridgehead atoms. The first-order valence-corrected chi connectivity index (χ1v) is 28.0. The number of phosphoric acid groups is 4. The number of hydrogen-bond donors (Lipinski definition) is 0. The van der Waals surface area contributed by atoms with Crippen LogP contribution in [0, 0.1) is 0 Å². The van der Waals surface area contributed by atoms with Crippen molar-refractivity contribution in [3.8, 4) is 0 Å². The molecular weight excluding hydrogens is 1140 g/mol. The number of rotatable bonds is 39. The van der Waals surface area contributed by atoms with Gasteiger partial charge in [0.2, 0.25) is 54.3 Å². The Kier molecular flexibility index (Phi) is 33.0. The Morgan fingerprint density at radius 2 is 0.545 bits per heavy atom. The van der Waals surface area contributed by atoms with Crippen molar-refractivity contribution in [1.29, 1.82) is 0 Å². The normalized spacial score (nSPS) is 18.7. The average molecular weight is 1200 g/mol. The van der Waals surface area contributed by atoms with E-state index in [0.717, 1.165) is 55.4 Å². The lowest BCUT2D eigenvalue weighted by Crippen LogP contribution is -2.67. The standard InChI is InChI=1S/C38H62O35P4/c1-11-13-15-52-33-34(69-32(47)14-12-2)36(71-75(49,63-18-55-26(5)41)64-19-56-27(6)42)38(73-77(51,67-22-59-30(9)45)68-23-60-31(10)46)37(72-76(50,65-20-57-28(7)43)66-21-58-29(8)44)35(33)70-74(48,61-16-53-24(3)39)62-17-54-25(4)40/h33-38H,11-23H2,1-10H3/t33-,34+,35-,36-,37+,38+/m0/s1. The molecule has 0 heterocycles. The second kappa shape index (κ2) is 36.0. The van der Waals surface area contributed by atoms with Gasteiger partial charge in [-0.05, 0) is 12.8 Å². The van der Waals surface area contributed by atoms with E-state index in [-0.39, 0.29) is 12.8 Å². The fourth-order valence-corrected chi connectivity index (χ4v) is 9.48. The second-order valence-electron chi connectivity index (χ2n) is 14.5. The van der Waals surface area contributed by atoms with Crippen molar-refractivity contribution in [3.63, 3.8) is 0 Å². The van der Waals surface area contributed by atoms with Crippen LogP contribution in [0.4, 0.5) is 0 Å². The van der Waals surface area contributed by atoms with Crippen LogP contribution in [0.5, 0.6) is 0 Å². The molecule has 0 aromatic rings. The molecule has 0 amide bonds. The minimum Gasteiger partial charge on any atom is -0.457 e. The van der Waals surface area contributed by atoms with E-state index in [4.69, 9.17) is 102 Å². The summed E-state index contributed by atoms with van der Waals surface area (Å²) in [5, 5.41) is 0. The number of ether oxygens (including phenoxy) is 10. The van der Waals surface area contributed by atoms with Crippen molar-refractivity contribution in [3.05, 3.63) is 0 Å². The Balaban J connectivity index is 4.94. The first kappa shape index (κ1) is 70.6. The van der Waals surface area contributed by atoms with E-state index in [0.29, 0.717) is 6.42 Å². The highest BCUT2D eigenvalue weighted by molar-refractivity contribution is 7.49. The summed E-state index contributed by atoms with van der Waals surface area (Å²) >= 11 is 0. The number of esters is 9. The molecule has 0 aromatic carbocycles. The third kappa shape index (κ3) is 30.0. The van der Waals surface area contributed by atoms with Gasteiger partial charge in [0.1, 0.15) is 30.5 Å². The van der Waals surface area contributed by atoms with Crippen molar-refractivity contribution in [2.75, 3.05) is 61.0 Å². The zero-order chi connectivity index (χ0) is 58.4. The van der Waals surface area contributed by atoms with Crippen molar-refractivity contribution in [2.24, 2.45) is 0 Å². The van der Waals surface area contributed by atoms with Crippen LogP contribution in [0.15, 0.2) is 0 Å². The Morgan fingerprint density at radius 1 is 0.325 bits per heavy atom. The highest BCUT2D eigenvalue weighted by Crippen LogP contribution is 2.62. The molecule has 1 aliphatic carbocycles. The van der Waals surface area contributed by atoms with Gasteiger partial charge in [-0.1, -0.05) is 20.3 Å². The van der Waals surface area contributed by atoms with Crippen LogP contribution in [-0.4, -0.2) is 151 Å². The van der Waals surface area contributed by atoms with E-state index in [1.54, 1.807) is 6.92 Å². The second-order valence-corrected chi connectivity index (χ2v) is 21.0. The van der Waals surface area contributed by atoms with E-state index >= 15 is 0 Å². The van der Waals surface area contributed by atoms with E-state index in [1.165, 1.54) is 6.92 Å². The first-order chi connectivity index (χ1) is 36.0. The Morgan fingerprint density at radius 3 is 0.753 bits per heavy atom. The molecule has 0 saturated heterocycles. The van der Waals surface area contributed by atoms with Gasteiger partial charge >= 0.3 is 85.0 Å². The van der Waals surface area contributed by atoms with E-state index in [9.17, 15) is 61.4 Å². The quantitative estimate of drug-likeness (QED) is 0.0274. The predicted octanol–water partition coefficient (Wildman–Crippen LogP) is 4.17. The topological polar surface area (TPSA) is 425 Å². The van der Waals surface area contributed by atoms with Gasteiger partial charge in [0.25, 0.3) is 0 Å². The molecule has 0 spiro atoms. The predicted molar refractivity (Wildman–Crippen MR) is 241 cm³/mol. The van der Waals surface area contributed by atoms with Crippen LogP contribution >= 0.6 is 31.3 Å². The van der Waals surface area contributed by atoms with Crippen molar-refractivity contribution in [1.82, 2.24) is 0 Å². The minimum absolute atomic E-state index is 0.0222. The number of unbranched alkanes of at least 4 members (excludes halogenated alkanes) is 1. The Labute approximate surface area is 439 Å². The molecule has 0 aliphatic heterocycles. The lowest BCUT2D eigenvalue weighted by molar-refractivity contribution is -0.238. The largest absolute Gasteiger partial charge is 0.481 e. The summed E-state index contributed by atoms with van der Waals surface area (Å²) in [5.41, 5.74) is 0. The molecule has 0 aromatic heterocycles. The van der Waals surface area contributed by atoms with Gasteiger partial charge in [-0.15, -0.1) is 0 Å². The van der Waals surface area contributed by atoms with Crippen molar-refractivity contribution < 1.29 is 163 Å². The molecule has 0 N–H and O–H groups in total. The van der Waals surface area contributed by atoms with E-state index in [2.05, 4.69) is 0 Å². The van der Waals surface area contributed by atoms with Crippen LogP contribution in [0.1, 0.15) is 94.9 Å². The van der Waals surface area contributed by atoms with Crippen LogP contribution in [-0.2, 0) is 163 Å². The van der Waals surface area contributed by atoms with Crippen molar-refractivity contribution >= 4 is 85.0 Å². The molecular formula is C38H62O35P4. The molecule has 1 aliphatic rings. The van der Waals surface area contributed by atoms with Crippen LogP contribution < -0.4 is 0 Å². The third-order valence-corrected chi connectivity index (χ3v) is 13.6. The van der Waals surface area contributed by atoms with Crippen LogP contribution in [0.3, 0.4) is 0 Å². The van der Waals surface area contributed by atoms with Crippen molar-refractivity contribution in [2.45, 2.75) is 132 Å². The molecule has 1 rings (SSSR count). The van der Waals surface area contributed by atoms with Gasteiger partial charge in [0, 0.05) is 68.4 Å². The molecule has 1 fully saturated rings. The van der Waals surface area contributed by atoms with Gasteiger partial charge in [-0.2, -0.15) is 0 Å². The maximum absolute atomic E-state index is 14.9. The highest BCUT2D eigenvalue weighted by atomic mass is 31.2. The Hall–Kier alpha value is -4.37. The summed E-state index contributed by atoms with van der Waals surface area (Å²) in [6.45, 7) is -1.08. The van der Waals surface area contributed by atoms with E-state index in [1.807, 2.05) is 0 Å². The molecule has 35 nitrogen and oxygen atoms in total. The lowest BCUT2D eigenvalue weighted by Gasteiger charge is -2.49. The molecule has 39 heteroatoms. The molecule has 1 saturated carbocycles. The Bertz CT molecular complexity index is 2060. The number of hydrogen-bond acceptors (Lipinski definition) is 35. The summed E-state index contributed by atoms with van der Waals surface area (Å²) in [5.74, 6) is -9.81. The number of carbonyl (C=O) groups is 9. The SMILES string of the molecule is CCCCO[C@H]1[C@@H](OC(=O)CCC)[C@H](OP(=O)(OCOC(C)=O)OCOC(C)=O)[C@@H](OP(=O)(OCOC(C)=O)OCOC(C)=O)[C@H](OP(=O)(OCOC(C)=O)OCOC(C)=O)[C@H]1OP(=O)(OCOC(C)=O)OCOC(C)=O. The molecule has 0 unspecified atom stereocenters. The third-order valence-electron chi connectivity index (χ3n) is 8.26. The zero-order valence-corrected chi connectivity index (χ0v) is 46.8. The maximum Gasteiger partial charge on any atom is 0.481 e. The summed E-state index contributed by atoms with van der Waals surface area (Å²) < 4.78 is 175. The maximum atomic E-state index is 14.9. The summed E-state index contributed by atoms with van der Waals surface area (Å²) in [7, 11) is -23.0. The zero-order valence-electron chi connectivity index (χ0n) is 43.2. The number of phosphoric ester groups is 4. The number of carbonyl (C=O) groups excluding carboxylic acids is 9. The van der Waals surface area contributed by atoms with Gasteiger partial charge in [-0.25, -0.2) is 54.5 Å². The lowest BCUT2D eigenvalue weighted by atomic mass is 9.84. The smallest absolute Gasteiger partial charge is 0.457 e. The summed E-state index contributed by atoms with van der Waals surface area (Å²) in [6, 6.07) is 0. The summed E-state index contributed by atoms with van der Waals surface area (Å²) in [4.78, 5) is 109. The molecule has 6 atom stereocenters. The minimum atomic E-state index is -5.81. The molecule has 444 valence electrons. The van der Waals surface area contributed by atoms with E-state index < -0.39 is 189 Å². The van der Waals surface area contributed by atoms with Crippen LogP contribution in [0.25, 0.3) is 0 Å². The fraction of sp³-hybridized carbons (Fsp3) is 0.763. The first-order valence-electron chi connectivity index (χ1n) is 22.2. The van der Waals surface area contributed by atoms with Crippen LogP contribution in [0.2, 0.25) is 0 Å². The average Bonchev–Trinajstić information content (AvgIpc) is 3.28. The van der Waals surface area contributed by atoms with Gasteiger partial charge < -0.3 is 47.4 Å². The fourth-order valence-electron chi connectivity index (χ4n) is 5.08. The monoisotopic (exact) mass is 1200 g/mol. The van der Waals surface area contributed by atoms with Gasteiger partial charge in [0.05, 0.1) is 0 Å². The summed E-state index contributed by atoms with van der Waals surface area (Å²) in [6.07, 6.45) is -15.9. The molecule has 77 heavy (non-hydrogen) atoms. The highest BCUT2D eigenvalue weighted by Gasteiger charge is 2.63.